The van der Waals surface area contributed by atoms with Gasteiger partial charge in [-0.2, -0.15) is 4.98 Å². The highest BCUT2D eigenvalue weighted by atomic mass is 19.1. The van der Waals surface area contributed by atoms with Crippen LogP contribution in [0.25, 0.3) is 11.5 Å². The molecule has 0 bridgehead atoms. The highest BCUT2D eigenvalue weighted by Gasteiger charge is 2.07. The van der Waals surface area contributed by atoms with Gasteiger partial charge in [0, 0.05) is 6.20 Å². The van der Waals surface area contributed by atoms with E-state index in [2.05, 4.69) is 15.1 Å². The maximum Gasteiger partial charge on any atom is 0.261 e. The standard InChI is InChI=1S/C7H5FN4O/c8-5-1-4(2-10-3-5)6-11-7(9)12-13-6/h1-3H,(H2,9,12). The molecule has 0 saturated heterocycles. The molecule has 2 aromatic rings. The molecule has 2 N–H and O–H groups in total. The van der Waals surface area contributed by atoms with Gasteiger partial charge in [0.1, 0.15) is 5.82 Å². The van der Waals surface area contributed by atoms with E-state index in [-0.39, 0.29) is 11.8 Å². The van der Waals surface area contributed by atoms with Gasteiger partial charge in [-0.1, -0.05) is 0 Å². The molecule has 0 spiro atoms. The third-order valence-electron chi connectivity index (χ3n) is 1.39. The van der Waals surface area contributed by atoms with Crippen LogP contribution in [0.15, 0.2) is 23.0 Å². The Morgan fingerprint density at radius 2 is 2.23 bits per heavy atom. The number of nitrogens with two attached hydrogens (primary N) is 1. The predicted molar refractivity (Wildman–Crippen MR) is 41.9 cm³/mol. The molecule has 0 aliphatic heterocycles. The van der Waals surface area contributed by atoms with Crippen LogP contribution < -0.4 is 5.73 Å². The zero-order valence-electron chi connectivity index (χ0n) is 6.44. The van der Waals surface area contributed by atoms with Crippen LogP contribution in [0.1, 0.15) is 0 Å². The molecule has 0 aromatic carbocycles. The molecule has 0 fully saturated rings. The summed E-state index contributed by atoms with van der Waals surface area (Å²) in [5, 5.41) is 3.36. The second kappa shape index (κ2) is 2.81. The summed E-state index contributed by atoms with van der Waals surface area (Å²) in [5.74, 6) is -0.293. The van der Waals surface area contributed by atoms with E-state index in [1.54, 1.807) is 0 Å². The highest BCUT2D eigenvalue weighted by molar-refractivity contribution is 5.51. The number of halogens is 1. The van der Waals surface area contributed by atoms with Crippen molar-refractivity contribution in [1.29, 1.82) is 0 Å². The Hall–Kier alpha value is -1.98. The van der Waals surface area contributed by atoms with Gasteiger partial charge in [0.05, 0.1) is 11.8 Å². The van der Waals surface area contributed by atoms with Crippen molar-refractivity contribution in [3.05, 3.63) is 24.3 Å². The first-order valence-corrected chi connectivity index (χ1v) is 3.46. The summed E-state index contributed by atoms with van der Waals surface area (Å²) < 4.78 is 17.4. The van der Waals surface area contributed by atoms with Crippen molar-refractivity contribution in [3.8, 4) is 11.5 Å². The van der Waals surface area contributed by atoms with E-state index in [0.29, 0.717) is 5.56 Å². The molecule has 0 radical (unpaired) electrons. The van der Waals surface area contributed by atoms with Gasteiger partial charge in [0.2, 0.25) is 0 Å². The lowest BCUT2D eigenvalue weighted by atomic mass is 10.3. The molecule has 5 nitrogen and oxygen atoms in total. The van der Waals surface area contributed by atoms with Gasteiger partial charge in [-0.25, -0.2) is 4.39 Å². The number of rotatable bonds is 1. The average Bonchev–Trinajstić information content (AvgIpc) is 2.52. The van der Waals surface area contributed by atoms with Crippen LogP contribution in [0, 0.1) is 5.82 Å². The molecule has 6 heteroatoms. The van der Waals surface area contributed by atoms with Crippen LogP contribution in [0.5, 0.6) is 0 Å². The molecule has 0 saturated carbocycles. The summed E-state index contributed by atoms with van der Waals surface area (Å²) >= 11 is 0. The predicted octanol–water partition coefficient (Wildman–Crippen LogP) is 0.853. The molecule has 13 heavy (non-hydrogen) atoms. The first-order chi connectivity index (χ1) is 6.25. The molecule has 2 aromatic heterocycles. The van der Waals surface area contributed by atoms with Crippen molar-refractivity contribution in [1.82, 2.24) is 15.1 Å². The van der Waals surface area contributed by atoms with Gasteiger partial charge in [0.25, 0.3) is 11.8 Å². The minimum atomic E-state index is -0.464. The van der Waals surface area contributed by atoms with Crippen LogP contribution >= 0.6 is 0 Å². The van der Waals surface area contributed by atoms with Crippen LogP contribution in [0.3, 0.4) is 0 Å². The van der Waals surface area contributed by atoms with Crippen molar-refractivity contribution in [3.63, 3.8) is 0 Å². The first kappa shape index (κ1) is 7.66. The Bertz CT molecular complexity index is 428. The minimum absolute atomic E-state index is 0.0132. The molecular formula is C7H5FN4O. The number of anilines is 1. The summed E-state index contributed by atoms with van der Waals surface area (Å²) in [7, 11) is 0. The number of hydrogen-bond acceptors (Lipinski definition) is 5. The number of aromatic nitrogens is 3. The topological polar surface area (TPSA) is 77.8 Å². The second-order valence-corrected chi connectivity index (χ2v) is 2.35. The lowest BCUT2D eigenvalue weighted by Gasteiger charge is -1.91. The van der Waals surface area contributed by atoms with Gasteiger partial charge in [-0.15, -0.1) is 0 Å². The quantitative estimate of drug-likeness (QED) is 0.703. The Balaban J connectivity index is 2.46. The Morgan fingerprint density at radius 3 is 2.85 bits per heavy atom. The zero-order chi connectivity index (χ0) is 9.26. The monoisotopic (exact) mass is 180 g/mol. The van der Waals surface area contributed by atoms with Crippen LogP contribution in [0.4, 0.5) is 10.3 Å². The Labute approximate surface area is 72.4 Å². The van der Waals surface area contributed by atoms with E-state index in [1.807, 2.05) is 0 Å². The Kier molecular flexibility index (Phi) is 1.66. The summed E-state index contributed by atoms with van der Waals surface area (Å²) in [6, 6.07) is 1.24. The van der Waals surface area contributed by atoms with Gasteiger partial charge in [0.15, 0.2) is 0 Å². The third-order valence-corrected chi connectivity index (χ3v) is 1.39. The lowest BCUT2D eigenvalue weighted by molar-refractivity contribution is 0.432. The van der Waals surface area contributed by atoms with Crippen LogP contribution in [-0.2, 0) is 0 Å². The van der Waals surface area contributed by atoms with Crippen molar-refractivity contribution in [2.24, 2.45) is 0 Å². The highest BCUT2D eigenvalue weighted by Crippen LogP contribution is 2.16. The third kappa shape index (κ3) is 1.46. The van der Waals surface area contributed by atoms with Crippen molar-refractivity contribution >= 4 is 5.95 Å². The van der Waals surface area contributed by atoms with Gasteiger partial charge in [-0.05, 0) is 11.2 Å². The smallest absolute Gasteiger partial charge is 0.261 e. The van der Waals surface area contributed by atoms with Crippen molar-refractivity contribution < 1.29 is 8.91 Å². The summed E-state index contributed by atoms with van der Waals surface area (Å²) in [4.78, 5) is 7.34. The van der Waals surface area contributed by atoms with Crippen molar-refractivity contribution in [2.75, 3.05) is 5.73 Å². The second-order valence-electron chi connectivity index (χ2n) is 2.35. The number of nitrogen functional groups attached to an aromatic ring is 1. The molecule has 66 valence electrons. The Morgan fingerprint density at radius 1 is 1.38 bits per heavy atom. The maximum atomic E-state index is 12.7. The molecular weight excluding hydrogens is 175 g/mol. The van der Waals surface area contributed by atoms with E-state index < -0.39 is 5.82 Å². The SMILES string of the molecule is Nc1noc(-c2cncc(F)c2)n1. The summed E-state index contributed by atoms with van der Waals surface area (Å²) in [5.41, 5.74) is 5.63. The van der Waals surface area contributed by atoms with Crippen molar-refractivity contribution in [2.45, 2.75) is 0 Å². The van der Waals surface area contributed by atoms with Gasteiger partial charge < -0.3 is 10.3 Å². The molecule has 0 atom stereocenters. The number of nitrogens with zero attached hydrogens (tertiary/aromatic N) is 3. The van der Waals surface area contributed by atoms with Gasteiger partial charge in [-0.3, -0.25) is 4.98 Å². The number of hydrogen-bond donors (Lipinski definition) is 1. The fourth-order valence-electron chi connectivity index (χ4n) is 0.881. The van der Waals surface area contributed by atoms with Crippen LogP contribution in [-0.4, -0.2) is 15.1 Å². The first-order valence-electron chi connectivity index (χ1n) is 3.46. The fourth-order valence-corrected chi connectivity index (χ4v) is 0.881. The van der Waals surface area contributed by atoms with E-state index in [0.717, 1.165) is 6.20 Å². The van der Waals surface area contributed by atoms with E-state index in [1.165, 1.54) is 12.3 Å². The lowest BCUT2D eigenvalue weighted by Crippen LogP contribution is -1.86. The number of pyridine rings is 1. The minimum Gasteiger partial charge on any atom is -0.365 e. The molecule has 0 aliphatic carbocycles. The summed E-state index contributed by atoms with van der Waals surface area (Å²) in [6.07, 6.45) is 2.50. The molecule has 2 rings (SSSR count). The summed E-state index contributed by atoms with van der Waals surface area (Å²) in [6.45, 7) is 0. The normalized spacial score (nSPS) is 10.2. The molecule has 2 heterocycles. The fraction of sp³-hybridized carbons (Fsp3) is 0. The van der Waals surface area contributed by atoms with E-state index in [9.17, 15) is 4.39 Å². The van der Waals surface area contributed by atoms with E-state index >= 15 is 0 Å². The molecule has 0 unspecified atom stereocenters. The average molecular weight is 180 g/mol. The van der Waals surface area contributed by atoms with Gasteiger partial charge >= 0.3 is 0 Å². The molecule has 0 aliphatic rings. The largest absolute Gasteiger partial charge is 0.365 e. The molecule has 0 amide bonds. The maximum absolute atomic E-state index is 12.7. The zero-order valence-corrected chi connectivity index (χ0v) is 6.44. The van der Waals surface area contributed by atoms with E-state index in [4.69, 9.17) is 10.3 Å². The van der Waals surface area contributed by atoms with Crippen LogP contribution in [0.2, 0.25) is 0 Å².